The summed E-state index contributed by atoms with van der Waals surface area (Å²) in [6, 6.07) is 13.6. The highest BCUT2D eigenvalue weighted by Gasteiger charge is 2.14. The summed E-state index contributed by atoms with van der Waals surface area (Å²) >= 11 is 5.66. The predicted octanol–water partition coefficient (Wildman–Crippen LogP) is 3.87. The van der Waals surface area contributed by atoms with E-state index < -0.39 is 17.7 Å². The van der Waals surface area contributed by atoms with Crippen molar-refractivity contribution in [3.63, 3.8) is 0 Å². The first kappa shape index (κ1) is 18.3. The van der Waals surface area contributed by atoms with E-state index in [2.05, 4.69) is 20.6 Å². The zero-order valence-electron chi connectivity index (χ0n) is 14.4. The van der Waals surface area contributed by atoms with E-state index in [-0.39, 0.29) is 23.0 Å². The Morgan fingerprint density at radius 1 is 1.04 bits per heavy atom. The van der Waals surface area contributed by atoms with Gasteiger partial charge in [0.05, 0.1) is 16.7 Å². The van der Waals surface area contributed by atoms with Gasteiger partial charge in [0.2, 0.25) is 0 Å². The summed E-state index contributed by atoms with van der Waals surface area (Å²) in [5.74, 6) is -0.357. The number of aromatic nitrogens is 4. The summed E-state index contributed by atoms with van der Waals surface area (Å²) in [5.41, 5.74) is 1.10. The van der Waals surface area contributed by atoms with Crippen LogP contribution in [0.2, 0.25) is 5.02 Å². The summed E-state index contributed by atoms with van der Waals surface area (Å²) in [5, 5.41) is 25.6. The van der Waals surface area contributed by atoms with Crippen LogP contribution in [0.4, 0.5) is 14.6 Å². The third kappa shape index (κ3) is 3.51. The molecule has 0 radical (unpaired) electrons. The number of nitrogens with zero attached hydrogens (tertiary/aromatic N) is 4. The van der Waals surface area contributed by atoms with Gasteiger partial charge in [0.25, 0.3) is 0 Å². The minimum Gasteiger partial charge on any atom is -0.387 e. The lowest BCUT2D eigenvalue weighted by Crippen LogP contribution is -2.14. The van der Waals surface area contributed by atoms with Crippen molar-refractivity contribution in [2.24, 2.45) is 0 Å². The molecule has 142 valence electrons. The van der Waals surface area contributed by atoms with Gasteiger partial charge in [0.15, 0.2) is 11.5 Å². The van der Waals surface area contributed by atoms with Gasteiger partial charge in [-0.15, -0.1) is 15.3 Å². The molecule has 2 aromatic carbocycles. The normalized spacial score (nSPS) is 12.3. The maximum atomic E-state index is 14.1. The van der Waals surface area contributed by atoms with Gasteiger partial charge >= 0.3 is 0 Å². The van der Waals surface area contributed by atoms with E-state index in [9.17, 15) is 13.9 Å². The van der Waals surface area contributed by atoms with E-state index in [0.717, 1.165) is 0 Å². The van der Waals surface area contributed by atoms with Crippen LogP contribution in [0.1, 0.15) is 11.7 Å². The van der Waals surface area contributed by atoms with Crippen LogP contribution in [-0.4, -0.2) is 31.5 Å². The lowest BCUT2D eigenvalue weighted by Gasteiger charge is -2.13. The van der Waals surface area contributed by atoms with Crippen LogP contribution in [0.25, 0.3) is 17.0 Å². The average Bonchev–Trinajstić information content (AvgIpc) is 3.11. The molecule has 1 atom stereocenters. The highest BCUT2D eigenvalue weighted by atomic mass is 35.5. The first-order valence-corrected chi connectivity index (χ1v) is 8.75. The Hall–Kier alpha value is -3.10. The number of hydrogen-bond donors (Lipinski definition) is 2. The Bertz CT molecular complexity index is 1150. The van der Waals surface area contributed by atoms with Gasteiger partial charge in [-0.25, -0.2) is 8.78 Å². The summed E-state index contributed by atoms with van der Waals surface area (Å²) in [4.78, 5) is 0. The van der Waals surface area contributed by atoms with Crippen molar-refractivity contribution in [3.8, 4) is 11.4 Å². The Balaban J connectivity index is 1.57. The lowest BCUT2D eigenvalue weighted by molar-refractivity contribution is 0.191. The van der Waals surface area contributed by atoms with Crippen LogP contribution >= 0.6 is 11.6 Å². The smallest absolute Gasteiger partial charge is 0.188 e. The topological polar surface area (TPSA) is 75.3 Å². The van der Waals surface area contributed by atoms with Gasteiger partial charge in [-0.1, -0.05) is 29.8 Å². The van der Waals surface area contributed by atoms with Crippen LogP contribution < -0.4 is 5.32 Å². The molecule has 2 aromatic heterocycles. The maximum absolute atomic E-state index is 14.1. The minimum atomic E-state index is -0.976. The Labute approximate surface area is 163 Å². The second kappa shape index (κ2) is 7.49. The van der Waals surface area contributed by atoms with Crippen LogP contribution in [0.15, 0.2) is 54.6 Å². The van der Waals surface area contributed by atoms with Crippen LogP contribution in [0.3, 0.4) is 0 Å². The maximum Gasteiger partial charge on any atom is 0.188 e. The summed E-state index contributed by atoms with van der Waals surface area (Å²) in [7, 11) is 0. The average molecular weight is 402 g/mol. The lowest BCUT2D eigenvalue weighted by atomic mass is 10.1. The molecule has 0 spiro atoms. The Morgan fingerprint density at radius 3 is 2.64 bits per heavy atom. The Morgan fingerprint density at radius 2 is 1.86 bits per heavy atom. The molecule has 6 nitrogen and oxygen atoms in total. The molecule has 2 N–H and O–H groups in total. The molecule has 0 amide bonds. The molecule has 0 saturated heterocycles. The SMILES string of the molecule is OC(CNc1ccc2nnc(-c3ccccc3F)n2n1)c1ccc(Cl)c(F)c1. The van der Waals surface area contributed by atoms with E-state index in [1.165, 1.54) is 22.7 Å². The molecule has 0 bridgehead atoms. The fourth-order valence-electron chi connectivity index (χ4n) is 2.73. The van der Waals surface area contributed by atoms with Crippen molar-refractivity contribution in [1.29, 1.82) is 0 Å². The van der Waals surface area contributed by atoms with Crippen molar-refractivity contribution >= 4 is 23.1 Å². The third-order valence-corrected chi connectivity index (χ3v) is 4.49. The van der Waals surface area contributed by atoms with Gasteiger partial charge in [-0.3, -0.25) is 0 Å². The van der Waals surface area contributed by atoms with Gasteiger partial charge < -0.3 is 10.4 Å². The molecule has 0 aliphatic heterocycles. The molecular formula is C19H14ClF2N5O. The van der Waals surface area contributed by atoms with Crippen molar-refractivity contribution in [2.75, 3.05) is 11.9 Å². The number of anilines is 1. The molecule has 2 heterocycles. The highest BCUT2D eigenvalue weighted by Crippen LogP contribution is 2.23. The van der Waals surface area contributed by atoms with Crippen molar-refractivity contribution < 1.29 is 13.9 Å². The molecule has 9 heteroatoms. The van der Waals surface area contributed by atoms with Crippen molar-refractivity contribution in [2.45, 2.75) is 6.10 Å². The molecule has 4 aromatic rings. The van der Waals surface area contributed by atoms with Gasteiger partial charge in [-0.2, -0.15) is 4.52 Å². The van der Waals surface area contributed by atoms with Gasteiger partial charge in [-0.05, 0) is 42.0 Å². The zero-order valence-corrected chi connectivity index (χ0v) is 15.1. The van der Waals surface area contributed by atoms with E-state index in [0.29, 0.717) is 17.0 Å². The quantitative estimate of drug-likeness (QED) is 0.531. The number of aliphatic hydroxyl groups is 1. The van der Waals surface area contributed by atoms with E-state index in [1.807, 2.05) is 0 Å². The molecule has 1 unspecified atom stereocenters. The number of benzene rings is 2. The van der Waals surface area contributed by atoms with Crippen molar-refractivity contribution in [3.05, 3.63) is 76.8 Å². The fraction of sp³-hybridized carbons (Fsp3) is 0.105. The van der Waals surface area contributed by atoms with Gasteiger partial charge in [0, 0.05) is 6.54 Å². The first-order valence-electron chi connectivity index (χ1n) is 8.37. The largest absolute Gasteiger partial charge is 0.387 e. The Kier molecular flexibility index (Phi) is 4.89. The van der Waals surface area contributed by atoms with E-state index in [1.54, 1.807) is 36.4 Å². The molecule has 0 aliphatic rings. The minimum absolute atomic E-state index is 0.00990. The molecule has 28 heavy (non-hydrogen) atoms. The molecule has 0 fully saturated rings. The summed E-state index contributed by atoms with van der Waals surface area (Å²) in [6.07, 6.45) is -0.976. The summed E-state index contributed by atoms with van der Waals surface area (Å²) in [6.45, 7) is 0.0801. The van der Waals surface area contributed by atoms with Gasteiger partial charge in [0.1, 0.15) is 17.5 Å². The fourth-order valence-corrected chi connectivity index (χ4v) is 2.85. The third-order valence-electron chi connectivity index (χ3n) is 4.18. The van der Waals surface area contributed by atoms with E-state index >= 15 is 0 Å². The molecule has 4 rings (SSSR count). The number of hydrogen-bond acceptors (Lipinski definition) is 5. The molecule has 0 saturated carbocycles. The number of nitrogens with one attached hydrogen (secondary N) is 1. The second-order valence-electron chi connectivity index (χ2n) is 6.06. The number of halogens is 3. The van der Waals surface area contributed by atoms with Crippen LogP contribution in [0, 0.1) is 11.6 Å². The van der Waals surface area contributed by atoms with Crippen LogP contribution in [0.5, 0.6) is 0 Å². The first-order chi connectivity index (χ1) is 13.5. The van der Waals surface area contributed by atoms with Crippen molar-refractivity contribution in [1.82, 2.24) is 19.8 Å². The van der Waals surface area contributed by atoms with E-state index in [4.69, 9.17) is 11.6 Å². The predicted molar refractivity (Wildman–Crippen MR) is 101 cm³/mol. The number of fused-ring (bicyclic) bond motifs is 1. The zero-order chi connectivity index (χ0) is 19.7. The number of aliphatic hydroxyl groups excluding tert-OH is 1. The highest BCUT2D eigenvalue weighted by molar-refractivity contribution is 6.30. The van der Waals surface area contributed by atoms with Crippen LogP contribution in [-0.2, 0) is 0 Å². The number of rotatable bonds is 5. The monoisotopic (exact) mass is 401 g/mol. The standard InChI is InChI=1S/C19H14ClF2N5O/c20-13-6-5-11(9-15(13)22)16(28)10-23-17-7-8-18-24-25-19(27(18)26-17)12-3-1-2-4-14(12)21/h1-9,16,28H,10H2,(H,23,26). The summed E-state index contributed by atoms with van der Waals surface area (Å²) < 4.78 is 29.1. The molecular weight excluding hydrogens is 388 g/mol. The second-order valence-corrected chi connectivity index (χ2v) is 6.47. The molecule has 0 aliphatic carbocycles.